The molecule has 1 aliphatic rings. The average molecular weight is 417 g/mol. The number of amides is 1. The molecular weight excluding hydrogens is 400 g/mol. The van der Waals surface area contributed by atoms with Crippen LogP contribution in [0.1, 0.15) is 17.2 Å². The summed E-state index contributed by atoms with van der Waals surface area (Å²) in [4.78, 5) is 30.6. The maximum atomic E-state index is 12.7. The van der Waals surface area contributed by atoms with Gasteiger partial charge in [-0.3, -0.25) is 14.6 Å². The van der Waals surface area contributed by atoms with E-state index in [2.05, 4.69) is 20.9 Å². The third kappa shape index (κ3) is 3.40. The highest BCUT2D eigenvalue weighted by Crippen LogP contribution is 2.39. The number of hydrogen-bond acceptors (Lipinski definition) is 5. The van der Waals surface area contributed by atoms with Gasteiger partial charge in [-0.1, -0.05) is 28.1 Å². The molecule has 1 atom stereocenters. The van der Waals surface area contributed by atoms with Crippen molar-refractivity contribution in [1.29, 1.82) is 0 Å². The van der Waals surface area contributed by atoms with Gasteiger partial charge >= 0.3 is 0 Å². The quantitative estimate of drug-likeness (QED) is 0.460. The zero-order valence-electron chi connectivity index (χ0n) is 14.1. The van der Waals surface area contributed by atoms with Crippen molar-refractivity contribution in [3.63, 3.8) is 0 Å². The van der Waals surface area contributed by atoms with Crippen LogP contribution in [0.5, 0.6) is 0 Å². The number of aliphatic hydroxyl groups excluding tert-OH is 1. The number of aromatic nitrogens is 1. The molecule has 1 saturated heterocycles. The Balaban J connectivity index is 2.16. The molecule has 7 heteroatoms. The van der Waals surface area contributed by atoms with Gasteiger partial charge in [-0.2, -0.15) is 0 Å². The first kappa shape index (κ1) is 18.3. The SMILES string of the molecule is COCCN1C(=O)C(=O)/C(=C(/O)c2ccncc2)C1c1cccc(Br)c1. The Kier molecular flexibility index (Phi) is 5.49. The van der Waals surface area contributed by atoms with Crippen molar-refractivity contribution in [3.8, 4) is 0 Å². The lowest BCUT2D eigenvalue weighted by atomic mass is 9.95. The lowest BCUT2D eigenvalue weighted by Crippen LogP contribution is -2.32. The molecule has 26 heavy (non-hydrogen) atoms. The fourth-order valence-corrected chi connectivity index (χ4v) is 3.41. The van der Waals surface area contributed by atoms with Crippen LogP contribution in [0.25, 0.3) is 5.76 Å². The first-order chi connectivity index (χ1) is 12.5. The van der Waals surface area contributed by atoms with E-state index in [1.54, 1.807) is 12.1 Å². The van der Waals surface area contributed by atoms with E-state index in [0.717, 1.165) is 10.0 Å². The van der Waals surface area contributed by atoms with E-state index in [9.17, 15) is 14.7 Å². The number of Topliss-reactive ketones (excluding diaryl/α,β-unsaturated/α-hetero) is 1. The van der Waals surface area contributed by atoms with Gasteiger partial charge < -0.3 is 14.7 Å². The number of carbonyl (C=O) groups is 2. The number of ether oxygens (including phenoxy) is 1. The maximum absolute atomic E-state index is 12.7. The Morgan fingerprint density at radius 2 is 2.00 bits per heavy atom. The molecule has 6 nitrogen and oxygen atoms in total. The Morgan fingerprint density at radius 3 is 2.65 bits per heavy atom. The van der Waals surface area contributed by atoms with Crippen molar-refractivity contribution < 1.29 is 19.4 Å². The van der Waals surface area contributed by atoms with Crippen LogP contribution in [0.3, 0.4) is 0 Å². The topological polar surface area (TPSA) is 79.7 Å². The van der Waals surface area contributed by atoms with Gasteiger partial charge in [0.2, 0.25) is 0 Å². The normalized spacial score (nSPS) is 19.2. The van der Waals surface area contributed by atoms with Crippen molar-refractivity contribution in [2.75, 3.05) is 20.3 Å². The Labute approximate surface area is 159 Å². The lowest BCUT2D eigenvalue weighted by molar-refractivity contribution is -0.140. The largest absolute Gasteiger partial charge is 0.507 e. The third-order valence-electron chi connectivity index (χ3n) is 4.19. The molecule has 0 spiro atoms. The smallest absolute Gasteiger partial charge is 0.295 e. The summed E-state index contributed by atoms with van der Waals surface area (Å²) in [5.41, 5.74) is 1.23. The highest BCUT2D eigenvalue weighted by Gasteiger charge is 2.45. The molecule has 1 aromatic heterocycles. The zero-order chi connectivity index (χ0) is 18.7. The Bertz CT molecular complexity index is 867. The summed E-state index contributed by atoms with van der Waals surface area (Å²) in [6.45, 7) is 0.526. The molecule has 0 radical (unpaired) electrons. The molecule has 0 aliphatic carbocycles. The van der Waals surface area contributed by atoms with Gasteiger partial charge in [0, 0.05) is 36.1 Å². The third-order valence-corrected chi connectivity index (χ3v) is 4.69. The predicted octanol–water partition coefficient (Wildman–Crippen LogP) is 2.91. The number of nitrogens with zero attached hydrogens (tertiary/aromatic N) is 2. The monoisotopic (exact) mass is 416 g/mol. The van der Waals surface area contributed by atoms with E-state index >= 15 is 0 Å². The van der Waals surface area contributed by atoms with E-state index in [1.165, 1.54) is 24.4 Å². The molecule has 1 aromatic carbocycles. The van der Waals surface area contributed by atoms with Crippen molar-refractivity contribution in [1.82, 2.24) is 9.88 Å². The van der Waals surface area contributed by atoms with E-state index in [4.69, 9.17) is 4.74 Å². The molecule has 0 saturated carbocycles. The number of aliphatic hydroxyl groups is 1. The van der Waals surface area contributed by atoms with Crippen LogP contribution in [-0.2, 0) is 14.3 Å². The first-order valence-corrected chi connectivity index (χ1v) is 8.77. The molecular formula is C19H17BrN2O4. The van der Waals surface area contributed by atoms with Gasteiger partial charge in [0.25, 0.3) is 11.7 Å². The molecule has 1 fully saturated rings. The van der Waals surface area contributed by atoms with Gasteiger partial charge in [-0.05, 0) is 29.8 Å². The number of benzene rings is 1. The number of pyridine rings is 1. The summed E-state index contributed by atoms with van der Waals surface area (Å²) in [7, 11) is 1.53. The van der Waals surface area contributed by atoms with Gasteiger partial charge in [0.1, 0.15) is 5.76 Å². The van der Waals surface area contributed by atoms with Crippen molar-refractivity contribution in [2.24, 2.45) is 0 Å². The van der Waals surface area contributed by atoms with Crippen LogP contribution in [0.2, 0.25) is 0 Å². The standard InChI is InChI=1S/C19H17BrN2O4/c1-26-10-9-22-16(13-3-2-4-14(20)11-13)15(18(24)19(22)25)17(23)12-5-7-21-8-6-12/h2-8,11,16,23H,9-10H2,1H3/b17-15+. The Hall–Kier alpha value is -2.51. The number of ketones is 1. The van der Waals surface area contributed by atoms with E-state index in [0.29, 0.717) is 5.56 Å². The summed E-state index contributed by atoms with van der Waals surface area (Å²) in [6, 6.07) is 9.83. The molecule has 1 amide bonds. The second-order valence-corrected chi connectivity index (χ2v) is 6.69. The van der Waals surface area contributed by atoms with Gasteiger partial charge in [0.05, 0.1) is 18.2 Å². The van der Waals surface area contributed by atoms with Crippen LogP contribution in [0.15, 0.2) is 58.8 Å². The summed E-state index contributed by atoms with van der Waals surface area (Å²) in [5.74, 6) is -1.57. The second-order valence-electron chi connectivity index (χ2n) is 5.78. The van der Waals surface area contributed by atoms with Crippen molar-refractivity contribution >= 4 is 33.4 Å². The Morgan fingerprint density at radius 1 is 1.27 bits per heavy atom. The molecule has 1 N–H and O–H groups in total. The van der Waals surface area contributed by atoms with Crippen LogP contribution >= 0.6 is 15.9 Å². The summed E-state index contributed by atoms with van der Waals surface area (Å²) in [5, 5.41) is 10.8. The maximum Gasteiger partial charge on any atom is 0.295 e. The lowest BCUT2D eigenvalue weighted by Gasteiger charge is -2.25. The average Bonchev–Trinajstić information content (AvgIpc) is 2.91. The molecule has 0 bridgehead atoms. The molecule has 2 aromatic rings. The van der Waals surface area contributed by atoms with Crippen molar-refractivity contribution in [3.05, 3.63) is 70.0 Å². The molecule has 134 valence electrons. The number of carbonyl (C=O) groups excluding carboxylic acids is 2. The number of likely N-dealkylation sites (tertiary alicyclic amines) is 1. The highest BCUT2D eigenvalue weighted by atomic mass is 79.9. The van der Waals surface area contributed by atoms with Crippen molar-refractivity contribution in [2.45, 2.75) is 6.04 Å². The number of methoxy groups -OCH3 is 1. The number of rotatable bonds is 5. The summed E-state index contributed by atoms with van der Waals surface area (Å²) >= 11 is 3.41. The first-order valence-electron chi connectivity index (χ1n) is 7.97. The van der Waals surface area contributed by atoms with Gasteiger partial charge in [-0.25, -0.2) is 0 Å². The minimum absolute atomic E-state index is 0.0652. The van der Waals surface area contributed by atoms with E-state index < -0.39 is 17.7 Å². The molecule has 1 aliphatic heterocycles. The van der Waals surface area contributed by atoms with E-state index in [-0.39, 0.29) is 24.5 Å². The molecule has 2 heterocycles. The molecule has 3 rings (SSSR count). The minimum Gasteiger partial charge on any atom is -0.507 e. The van der Waals surface area contributed by atoms with Crippen LogP contribution in [0, 0.1) is 0 Å². The van der Waals surface area contributed by atoms with Crippen LogP contribution in [-0.4, -0.2) is 46.9 Å². The number of hydrogen-bond donors (Lipinski definition) is 1. The molecule has 1 unspecified atom stereocenters. The second kappa shape index (κ2) is 7.80. The van der Waals surface area contributed by atoms with Gasteiger partial charge in [-0.15, -0.1) is 0 Å². The number of halogens is 1. The van der Waals surface area contributed by atoms with Gasteiger partial charge in [0.15, 0.2) is 0 Å². The van der Waals surface area contributed by atoms with E-state index in [1.807, 2.05) is 24.3 Å². The summed E-state index contributed by atoms with van der Waals surface area (Å²) in [6.07, 6.45) is 3.04. The minimum atomic E-state index is -0.708. The zero-order valence-corrected chi connectivity index (χ0v) is 15.6. The highest BCUT2D eigenvalue weighted by molar-refractivity contribution is 9.10. The summed E-state index contributed by atoms with van der Waals surface area (Å²) < 4.78 is 5.89. The fourth-order valence-electron chi connectivity index (χ4n) is 2.99. The predicted molar refractivity (Wildman–Crippen MR) is 99.3 cm³/mol. The van der Waals surface area contributed by atoms with Crippen LogP contribution < -0.4 is 0 Å². The van der Waals surface area contributed by atoms with Crippen LogP contribution in [0.4, 0.5) is 0 Å². The fraction of sp³-hybridized carbons (Fsp3) is 0.211.